The summed E-state index contributed by atoms with van der Waals surface area (Å²) < 4.78 is 13.8. The van der Waals surface area contributed by atoms with Gasteiger partial charge in [-0.1, -0.05) is 34.1 Å². The molecule has 3 rings (SSSR count). The smallest absolute Gasteiger partial charge is 0.271 e. The van der Waals surface area contributed by atoms with Gasteiger partial charge in [0.25, 0.3) is 5.69 Å². The molecule has 0 atom stereocenters. The van der Waals surface area contributed by atoms with Gasteiger partial charge in [0.15, 0.2) is 11.5 Å². The van der Waals surface area contributed by atoms with E-state index in [1.807, 2.05) is 43.3 Å². The van der Waals surface area contributed by atoms with Gasteiger partial charge in [0.1, 0.15) is 6.61 Å². The topological polar surface area (TPSA) is 73.6 Å². The van der Waals surface area contributed by atoms with Crippen LogP contribution >= 0.6 is 38.5 Å². The third-order valence-electron chi connectivity index (χ3n) is 4.22. The summed E-state index contributed by atoms with van der Waals surface area (Å²) >= 11 is 5.67. The first-order valence-corrected chi connectivity index (χ1v) is 11.1. The highest BCUT2D eigenvalue weighted by Crippen LogP contribution is 2.35. The molecule has 0 unspecified atom stereocenters. The number of halogens is 2. The molecule has 0 aliphatic carbocycles. The third-order valence-corrected chi connectivity index (χ3v) is 5.55. The van der Waals surface area contributed by atoms with E-state index in [1.54, 1.807) is 12.1 Å². The zero-order chi connectivity index (χ0) is 21.5. The Morgan fingerprint density at radius 3 is 2.53 bits per heavy atom. The molecular formula is C22H20BrIN2O4. The second kappa shape index (κ2) is 10.6. The molecule has 0 aromatic heterocycles. The molecule has 0 spiro atoms. The fourth-order valence-electron chi connectivity index (χ4n) is 2.80. The number of nitrogens with one attached hydrogen (secondary N) is 1. The first kappa shape index (κ1) is 22.4. The monoisotopic (exact) mass is 582 g/mol. The Balaban J connectivity index is 1.74. The van der Waals surface area contributed by atoms with E-state index >= 15 is 0 Å². The Labute approximate surface area is 197 Å². The van der Waals surface area contributed by atoms with Crippen molar-refractivity contribution in [2.75, 3.05) is 11.9 Å². The fraction of sp³-hybridized carbons (Fsp3) is 0.182. The van der Waals surface area contributed by atoms with E-state index in [0.717, 1.165) is 19.2 Å². The highest BCUT2D eigenvalue weighted by molar-refractivity contribution is 14.1. The summed E-state index contributed by atoms with van der Waals surface area (Å²) in [5.41, 5.74) is 2.80. The number of rotatable bonds is 9. The van der Waals surface area contributed by atoms with Crippen LogP contribution in [0.4, 0.5) is 11.4 Å². The lowest BCUT2D eigenvalue weighted by Crippen LogP contribution is -2.05. The lowest BCUT2D eigenvalue weighted by molar-refractivity contribution is -0.384. The molecule has 0 fully saturated rings. The number of nitro benzene ring substituents is 1. The van der Waals surface area contributed by atoms with Crippen LogP contribution in [0.1, 0.15) is 18.1 Å². The van der Waals surface area contributed by atoms with Crippen LogP contribution in [0.3, 0.4) is 0 Å². The normalized spacial score (nSPS) is 10.5. The van der Waals surface area contributed by atoms with Crippen molar-refractivity contribution in [3.05, 3.63) is 89.9 Å². The van der Waals surface area contributed by atoms with E-state index in [4.69, 9.17) is 9.47 Å². The summed E-state index contributed by atoms with van der Waals surface area (Å²) in [4.78, 5) is 10.5. The van der Waals surface area contributed by atoms with E-state index in [1.165, 1.54) is 12.1 Å². The molecule has 8 heteroatoms. The molecule has 0 aliphatic heterocycles. The highest BCUT2D eigenvalue weighted by Gasteiger charge is 2.13. The van der Waals surface area contributed by atoms with Gasteiger partial charge < -0.3 is 14.8 Å². The van der Waals surface area contributed by atoms with Gasteiger partial charge >= 0.3 is 0 Å². The molecule has 0 radical (unpaired) electrons. The number of hydrogen-bond acceptors (Lipinski definition) is 5. The number of nitrogens with zero attached hydrogens (tertiary/aromatic N) is 1. The summed E-state index contributed by atoms with van der Waals surface area (Å²) in [6.07, 6.45) is 0. The van der Waals surface area contributed by atoms with Crippen LogP contribution in [0, 0.1) is 13.7 Å². The molecule has 30 heavy (non-hydrogen) atoms. The first-order valence-electron chi connectivity index (χ1n) is 9.27. The number of benzene rings is 3. The highest BCUT2D eigenvalue weighted by atomic mass is 127. The van der Waals surface area contributed by atoms with E-state index in [-0.39, 0.29) is 5.69 Å². The Hall–Kier alpha value is -2.33. The summed E-state index contributed by atoms with van der Waals surface area (Å²) in [5, 5.41) is 14.2. The van der Waals surface area contributed by atoms with E-state index in [0.29, 0.717) is 36.9 Å². The SMILES string of the molecule is CCOc1cc(CNc2cccc([N+](=O)[O-])c2)cc(I)c1OCc1ccc(Br)cc1. The Kier molecular flexibility index (Phi) is 7.92. The van der Waals surface area contributed by atoms with Gasteiger partial charge in [-0.05, 0) is 71.0 Å². The lowest BCUT2D eigenvalue weighted by atomic mass is 10.2. The predicted molar refractivity (Wildman–Crippen MR) is 129 cm³/mol. The molecule has 0 heterocycles. The third kappa shape index (κ3) is 6.09. The van der Waals surface area contributed by atoms with Crippen LogP contribution in [-0.2, 0) is 13.2 Å². The van der Waals surface area contributed by atoms with Crippen molar-refractivity contribution in [2.45, 2.75) is 20.1 Å². The standard InChI is InChI=1S/C22H20BrIN2O4/c1-2-29-21-11-16(13-25-18-4-3-5-19(12-18)26(27)28)10-20(24)22(21)30-14-15-6-8-17(23)9-7-15/h3-12,25H,2,13-14H2,1H3. The van der Waals surface area contributed by atoms with Gasteiger partial charge in [-0.15, -0.1) is 0 Å². The van der Waals surface area contributed by atoms with Crippen molar-refractivity contribution in [1.82, 2.24) is 0 Å². The average Bonchev–Trinajstić information content (AvgIpc) is 2.73. The van der Waals surface area contributed by atoms with Crippen LogP contribution in [0.15, 0.2) is 65.1 Å². The van der Waals surface area contributed by atoms with Crippen LogP contribution in [-0.4, -0.2) is 11.5 Å². The number of hydrogen-bond donors (Lipinski definition) is 1. The van der Waals surface area contributed by atoms with Gasteiger partial charge in [-0.2, -0.15) is 0 Å². The molecule has 6 nitrogen and oxygen atoms in total. The van der Waals surface area contributed by atoms with Crippen LogP contribution in [0.5, 0.6) is 11.5 Å². The predicted octanol–water partition coefficient (Wildman–Crippen LogP) is 6.55. The molecular weight excluding hydrogens is 563 g/mol. The van der Waals surface area contributed by atoms with Gasteiger partial charge in [0.05, 0.1) is 15.1 Å². The largest absolute Gasteiger partial charge is 0.490 e. The second-order valence-corrected chi connectivity index (χ2v) is 8.49. The second-order valence-electron chi connectivity index (χ2n) is 6.41. The molecule has 156 valence electrons. The molecule has 0 bridgehead atoms. The van der Waals surface area contributed by atoms with Crippen LogP contribution in [0.2, 0.25) is 0 Å². The zero-order valence-corrected chi connectivity index (χ0v) is 20.0. The van der Waals surface area contributed by atoms with Crippen LogP contribution in [0.25, 0.3) is 0 Å². The summed E-state index contributed by atoms with van der Waals surface area (Å²) in [6, 6.07) is 18.4. The van der Waals surface area contributed by atoms with Gasteiger partial charge in [-0.3, -0.25) is 10.1 Å². The fourth-order valence-corrected chi connectivity index (χ4v) is 3.88. The molecule has 0 aliphatic rings. The van der Waals surface area contributed by atoms with Crippen molar-refractivity contribution in [1.29, 1.82) is 0 Å². The molecule has 0 amide bonds. The van der Waals surface area contributed by atoms with Gasteiger partial charge in [0.2, 0.25) is 0 Å². The maximum Gasteiger partial charge on any atom is 0.271 e. The van der Waals surface area contributed by atoms with Gasteiger partial charge in [0, 0.05) is 28.8 Å². The number of ether oxygens (including phenoxy) is 2. The van der Waals surface area contributed by atoms with E-state index < -0.39 is 4.92 Å². The number of non-ortho nitro benzene ring substituents is 1. The van der Waals surface area contributed by atoms with Crippen molar-refractivity contribution in [3.8, 4) is 11.5 Å². The van der Waals surface area contributed by atoms with Crippen molar-refractivity contribution >= 4 is 49.9 Å². The summed E-state index contributed by atoms with van der Waals surface area (Å²) in [6.45, 7) is 3.39. The van der Waals surface area contributed by atoms with E-state index in [9.17, 15) is 10.1 Å². The minimum Gasteiger partial charge on any atom is -0.490 e. The molecule has 3 aromatic rings. The number of nitro groups is 1. The lowest BCUT2D eigenvalue weighted by Gasteiger charge is -2.16. The minimum absolute atomic E-state index is 0.0567. The number of anilines is 1. The molecule has 1 N–H and O–H groups in total. The Morgan fingerprint density at radius 2 is 1.83 bits per heavy atom. The average molecular weight is 583 g/mol. The molecule has 0 saturated carbocycles. The van der Waals surface area contributed by atoms with Crippen molar-refractivity contribution in [3.63, 3.8) is 0 Å². The quantitative estimate of drug-likeness (QED) is 0.176. The molecule has 0 saturated heterocycles. The minimum atomic E-state index is -0.404. The van der Waals surface area contributed by atoms with Crippen molar-refractivity contribution < 1.29 is 14.4 Å². The molecule has 3 aromatic carbocycles. The Bertz CT molecular complexity index is 1030. The zero-order valence-electron chi connectivity index (χ0n) is 16.2. The van der Waals surface area contributed by atoms with Crippen molar-refractivity contribution in [2.24, 2.45) is 0 Å². The summed E-state index contributed by atoms with van der Waals surface area (Å²) in [7, 11) is 0. The Morgan fingerprint density at radius 1 is 1.07 bits per heavy atom. The maximum absolute atomic E-state index is 11.0. The van der Waals surface area contributed by atoms with Crippen LogP contribution < -0.4 is 14.8 Å². The first-order chi connectivity index (χ1) is 14.5. The maximum atomic E-state index is 11.0. The summed E-state index contributed by atoms with van der Waals surface area (Å²) in [5.74, 6) is 1.39. The van der Waals surface area contributed by atoms with E-state index in [2.05, 4.69) is 43.8 Å². The van der Waals surface area contributed by atoms with Gasteiger partial charge in [-0.25, -0.2) is 0 Å².